The SMILES string of the molecule is CC(C)(C)Oc1cncc(Br)n1. The van der Waals surface area contributed by atoms with E-state index in [1.165, 1.54) is 0 Å². The van der Waals surface area contributed by atoms with Gasteiger partial charge in [-0.3, -0.25) is 4.98 Å². The molecule has 4 heteroatoms. The molecular formula is C8H11BrN2O. The average Bonchev–Trinajstić information content (AvgIpc) is 1.82. The van der Waals surface area contributed by atoms with E-state index in [0.717, 1.165) is 0 Å². The minimum atomic E-state index is -0.227. The van der Waals surface area contributed by atoms with Gasteiger partial charge in [0.25, 0.3) is 0 Å². The normalized spacial score (nSPS) is 11.3. The van der Waals surface area contributed by atoms with E-state index in [4.69, 9.17) is 4.74 Å². The Kier molecular flexibility index (Phi) is 2.67. The highest BCUT2D eigenvalue weighted by Gasteiger charge is 2.12. The monoisotopic (exact) mass is 230 g/mol. The third-order valence-electron chi connectivity index (χ3n) is 0.994. The van der Waals surface area contributed by atoms with Crippen LogP contribution in [0.5, 0.6) is 5.88 Å². The van der Waals surface area contributed by atoms with Crippen molar-refractivity contribution in [2.45, 2.75) is 26.4 Å². The molecule has 0 aromatic carbocycles. The first-order valence-electron chi connectivity index (χ1n) is 3.64. The molecule has 0 bridgehead atoms. The zero-order valence-electron chi connectivity index (χ0n) is 7.34. The summed E-state index contributed by atoms with van der Waals surface area (Å²) < 4.78 is 6.16. The summed E-state index contributed by atoms with van der Waals surface area (Å²) in [6, 6.07) is 0. The summed E-state index contributed by atoms with van der Waals surface area (Å²) in [5, 5.41) is 0. The van der Waals surface area contributed by atoms with Crippen LogP contribution in [-0.2, 0) is 0 Å². The molecule has 0 N–H and O–H groups in total. The molecule has 0 aliphatic rings. The summed E-state index contributed by atoms with van der Waals surface area (Å²) in [5.41, 5.74) is -0.227. The molecule has 0 atom stereocenters. The Hall–Kier alpha value is -0.640. The number of hydrogen-bond donors (Lipinski definition) is 0. The van der Waals surface area contributed by atoms with Crippen LogP contribution in [0.2, 0.25) is 0 Å². The number of ether oxygens (including phenoxy) is 1. The molecule has 1 aromatic heterocycles. The van der Waals surface area contributed by atoms with E-state index in [2.05, 4.69) is 25.9 Å². The van der Waals surface area contributed by atoms with Crippen molar-refractivity contribution in [3.63, 3.8) is 0 Å². The van der Waals surface area contributed by atoms with Crippen LogP contribution in [-0.4, -0.2) is 15.6 Å². The fraction of sp³-hybridized carbons (Fsp3) is 0.500. The summed E-state index contributed by atoms with van der Waals surface area (Å²) >= 11 is 3.22. The molecule has 12 heavy (non-hydrogen) atoms. The molecule has 0 saturated heterocycles. The smallest absolute Gasteiger partial charge is 0.233 e. The van der Waals surface area contributed by atoms with E-state index in [-0.39, 0.29) is 5.60 Å². The van der Waals surface area contributed by atoms with E-state index >= 15 is 0 Å². The van der Waals surface area contributed by atoms with Crippen molar-refractivity contribution in [2.24, 2.45) is 0 Å². The Morgan fingerprint density at radius 2 is 2.00 bits per heavy atom. The Morgan fingerprint density at radius 3 is 2.50 bits per heavy atom. The van der Waals surface area contributed by atoms with Gasteiger partial charge < -0.3 is 4.74 Å². The average molecular weight is 231 g/mol. The Balaban J connectivity index is 2.77. The topological polar surface area (TPSA) is 35.0 Å². The van der Waals surface area contributed by atoms with E-state index in [1.807, 2.05) is 20.8 Å². The van der Waals surface area contributed by atoms with Crippen molar-refractivity contribution in [1.82, 2.24) is 9.97 Å². The maximum Gasteiger partial charge on any atom is 0.233 e. The highest BCUT2D eigenvalue weighted by atomic mass is 79.9. The van der Waals surface area contributed by atoms with Crippen LogP contribution in [0.4, 0.5) is 0 Å². The number of rotatable bonds is 1. The number of halogens is 1. The van der Waals surface area contributed by atoms with Gasteiger partial charge in [0, 0.05) is 0 Å². The second kappa shape index (κ2) is 3.39. The predicted octanol–water partition coefficient (Wildman–Crippen LogP) is 2.42. The standard InChI is InChI=1S/C8H11BrN2O/c1-8(2,3)12-7-5-10-4-6(9)11-7/h4-5H,1-3H3. The van der Waals surface area contributed by atoms with Crippen molar-refractivity contribution in [1.29, 1.82) is 0 Å². The first-order chi connectivity index (χ1) is 5.47. The molecule has 0 radical (unpaired) electrons. The summed E-state index contributed by atoms with van der Waals surface area (Å²) in [6.07, 6.45) is 3.21. The van der Waals surface area contributed by atoms with Crippen molar-refractivity contribution >= 4 is 15.9 Å². The predicted molar refractivity (Wildman–Crippen MR) is 50.1 cm³/mol. The van der Waals surface area contributed by atoms with Crippen LogP contribution in [0.25, 0.3) is 0 Å². The lowest BCUT2D eigenvalue weighted by molar-refractivity contribution is 0.123. The third-order valence-corrected chi connectivity index (χ3v) is 1.38. The van der Waals surface area contributed by atoms with Gasteiger partial charge in [0.2, 0.25) is 5.88 Å². The molecule has 0 spiro atoms. The largest absolute Gasteiger partial charge is 0.471 e. The van der Waals surface area contributed by atoms with Gasteiger partial charge in [-0.05, 0) is 36.7 Å². The van der Waals surface area contributed by atoms with Gasteiger partial charge >= 0.3 is 0 Å². The van der Waals surface area contributed by atoms with E-state index in [1.54, 1.807) is 12.4 Å². The minimum absolute atomic E-state index is 0.227. The van der Waals surface area contributed by atoms with Crippen molar-refractivity contribution in [3.05, 3.63) is 17.0 Å². The van der Waals surface area contributed by atoms with Crippen LogP contribution in [0.3, 0.4) is 0 Å². The van der Waals surface area contributed by atoms with Crippen LogP contribution >= 0.6 is 15.9 Å². The van der Waals surface area contributed by atoms with Gasteiger partial charge in [-0.15, -0.1) is 0 Å². The van der Waals surface area contributed by atoms with Gasteiger partial charge in [-0.1, -0.05) is 0 Å². The molecule has 1 aromatic rings. The Morgan fingerprint density at radius 1 is 1.33 bits per heavy atom. The summed E-state index contributed by atoms with van der Waals surface area (Å²) in [6.45, 7) is 5.90. The maximum absolute atomic E-state index is 5.48. The van der Waals surface area contributed by atoms with E-state index < -0.39 is 0 Å². The van der Waals surface area contributed by atoms with Gasteiger partial charge in [0.05, 0.1) is 12.4 Å². The molecule has 3 nitrogen and oxygen atoms in total. The lowest BCUT2D eigenvalue weighted by Crippen LogP contribution is -2.23. The molecule has 1 heterocycles. The lowest BCUT2D eigenvalue weighted by atomic mass is 10.2. The maximum atomic E-state index is 5.48. The van der Waals surface area contributed by atoms with E-state index in [0.29, 0.717) is 10.5 Å². The van der Waals surface area contributed by atoms with Gasteiger partial charge in [-0.2, -0.15) is 0 Å². The van der Waals surface area contributed by atoms with Gasteiger partial charge in [-0.25, -0.2) is 4.98 Å². The molecule has 0 amide bonds. The number of nitrogens with zero attached hydrogens (tertiary/aromatic N) is 2. The molecule has 66 valence electrons. The van der Waals surface area contributed by atoms with Gasteiger partial charge in [0.15, 0.2) is 0 Å². The second-order valence-corrected chi connectivity index (χ2v) is 4.21. The molecule has 0 unspecified atom stereocenters. The number of hydrogen-bond acceptors (Lipinski definition) is 3. The third kappa shape index (κ3) is 3.17. The molecule has 0 aliphatic carbocycles. The van der Waals surface area contributed by atoms with Crippen LogP contribution < -0.4 is 4.74 Å². The molecule has 1 rings (SSSR count). The van der Waals surface area contributed by atoms with Gasteiger partial charge in [0.1, 0.15) is 10.2 Å². The highest BCUT2D eigenvalue weighted by molar-refractivity contribution is 9.10. The molecule has 0 saturated carbocycles. The van der Waals surface area contributed by atoms with Crippen LogP contribution in [0.1, 0.15) is 20.8 Å². The first-order valence-corrected chi connectivity index (χ1v) is 4.43. The minimum Gasteiger partial charge on any atom is -0.471 e. The highest BCUT2D eigenvalue weighted by Crippen LogP contribution is 2.15. The fourth-order valence-corrected chi connectivity index (χ4v) is 0.981. The zero-order chi connectivity index (χ0) is 9.19. The van der Waals surface area contributed by atoms with E-state index in [9.17, 15) is 0 Å². The lowest BCUT2D eigenvalue weighted by Gasteiger charge is -2.19. The summed E-state index contributed by atoms with van der Waals surface area (Å²) in [7, 11) is 0. The first kappa shape index (κ1) is 9.45. The summed E-state index contributed by atoms with van der Waals surface area (Å²) in [5.74, 6) is 0.539. The van der Waals surface area contributed by atoms with Crippen molar-refractivity contribution < 1.29 is 4.74 Å². The summed E-state index contributed by atoms with van der Waals surface area (Å²) in [4.78, 5) is 8.02. The molecule has 0 aliphatic heterocycles. The van der Waals surface area contributed by atoms with Crippen molar-refractivity contribution in [2.75, 3.05) is 0 Å². The Bertz CT molecular complexity index is 270. The molecule has 0 fully saturated rings. The Labute approximate surface area is 80.3 Å². The van der Waals surface area contributed by atoms with Crippen LogP contribution in [0, 0.1) is 0 Å². The van der Waals surface area contributed by atoms with Crippen LogP contribution in [0.15, 0.2) is 17.0 Å². The zero-order valence-corrected chi connectivity index (χ0v) is 8.92. The van der Waals surface area contributed by atoms with Crippen molar-refractivity contribution in [3.8, 4) is 5.88 Å². The molecular weight excluding hydrogens is 220 g/mol. The number of aromatic nitrogens is 2. The fourth-order valence-electron chi connectivity index (χ4n) is 0.688. The quantitative estimate of drug-likeness (QED) is 0.744. The second-order valence-electron chi connectivity index (χ2n) is 3.39.